The molecule has 1 aromatic heterocycles. The number of hydrogen-bond acceptors (Lipinski definition) is 4. The molecule has 1 saturated carbocycles. The number of amides is 2. The first-order chi connectivity index (χ1) is 12.4. The Morgan fingerprint density at radius 2 is 2.04 bits per heavy atom. The number of esters is 1. The van der Waals surface area contributed by atoms with E-state index in [2.05, 4.69) is 26.5 Å². The third-order valence-corrected chi connectivity index (χ3v) is 4.71. The average Bonchev–Trinajstić information content (AvgIpc) is 3.31. The van der Waals surface area contributed by atoms with Gasteiger partial charge in [0.15, 0.2) is 0 Å². The fourth-order valence-electron chi connectivity index (χ4n) is 3.01. The van der Waals surface area contributed by atoms with E-state index in [0.717, 1.165) is 30.8 Å². The van der Waals surface area contributed by atoms with Crippen LogP contribution in [0.5, 0.6) is 0 Å². The van der Waals surface area contributed by atoms with Gasteiger partial charge in [0.2, 0.25) is 0 Å². The van der Waals surface area contributed by atoms with Crippen molar-refractivity contribution in [2.75, 3.05) is 19.0 Å². The molecule has 1 aromatic carbocycles. The smallest absolute Gasteiger partial charge is 0.337 e. The van der Waals surface area contributed by atoms with Crippen molar-refractivity contribution < 1.29 is 14.3 Å². The standard InChI is InChI=1S/C19H24N4O3/c1-13-9-14(2)23(22-13)12-19(7-8-19)11-20-18(25)21-16-6-4-5-15(10-16)17(24)26-3/h4-6,9-10H,7-8,11-12H2,1-3H3,(H2,20,21,25). The highest BCUT2D eigenvalue weighted by Crippen LogP contribution is 2.46. The SMILES string of the molecule is COC(=O)c1cccc(NC(=O)NCC2(Cn3nc(C)cc3C)CC2)c1. The van der Waals surface area contributed by atoms with E-state index in [4.69, 9.17) is 0 Å². The van der Waals surface area contributed by atoms with Crippen molar-refractivity contribution in [3.05, 3.63) is 47.3 Å². The Hall–Kier alpha value is -2.83. The van der Waals surface area contributed by atoms with E-state index in [1.807, 2.05) is 18.5 Å². The second kappa shape index (κ2) is 7.19. The van der Waals surface area contributed by atoms with Crippen molar-refractivity contribution in [3.8, 4) is 0 Å². The molecule has 2 N–H and O–H groups in total. The Morgan fingerprint density at radius 3 is 2.65 bits per heavy atom. The van der Waals surface area contributed by atoms with Gasteiger partial charge in [-0.1, -0.05) is 6.07 Å². The lowest BCUT2D eigenvalue weighted by atomic mass is 10.1. The number of carbonyl (C=O) groups excluding carboxylic acids is 2. The number of nitrogens with one attached hydrogen (secondary N) is 2. The minimum absolute atomic E-state index is 0.0778. The van der Waals surface area contributed by atoms with Crippen molar-refractivity contribution in [2.24, 2.45) is 5.41 Å². The van der Waals surface area contributed by atoms with Crippen LogP contribution in [-0.4, -0.2) is 35.4 Å². The Kier molecular flexibility index (Phi) is 4.97. The van der Waals surface area contributed by atoms with Gasteiger partial charge in [-0.2, -0.15) is 5.10 Å². The first-order valence-corrected chi connectivity index (χ1v) is 8.65. The Labute approximate surface area is 152 Å². The summed E-state index contributed by atoms with van der Waals surface area (Å²) in [6.07, 6.45) is 2.15. The van der Waals surface area contributed by atoms with Gasteiger partial charge in [0.25, 0.3) is 0 Å². The second-order valence-corrected chi connectivity index (χ2v) is 6.96. The summed E-state index contributed by atoms with van der Waals surface area (Å²) in [5.41, 5.74) is 3.17. The Bertz CT molecular complexity index is 824. The summed E-state index contributed by atoms with van der Waals surface area (Å²) in [6.45, 7) is 5.43. The maximum atomic E-state index is 12.2. The van der Waals surface area contributed by atoms with Crippen molar-refractivity contribution in [1.29, 1.82) is 0 Å². The molecule has 0 bridgehead atoms. The number of methoxy groups -OCH3 is 1. The van der Waals surface area contributed by atoms with Gasteiger partial charge in [-0.15, -0.1) is 0 Å². The van der Waals surface area contributed by atoms with Crippen LogP contribution in [0.25, 0.3) is 0 Å². The number of rotatable bonds is 6. The summed E-state index contributed by atoms with van der Waals surface area (Å²) >= 11 is 0. The Morgan fingerprint density at radius 1 is 1.27 bits per heavy atom. The van der Waals surface area contributed by atoms with Gasteiger partial charge in [-0.3, -0.25) is 4.68 Å². The summed E-state index contributed by atoms with van der Waals surface area (Å²) in [6, 6.07) is 8.44. The van der Waals surface area contributed by atoms with E-state index in [9.17, 15) is 9.59 Å². The number of anilines is 1. The number of hydrogen-bond donors (Lipinski definition) is 2. The van der Waals surface area contributed by atoms with E-state index in [-0.39, 0.29) is 11.4 Å². The van der Waals surface area contributed by atoms with Crippen LogP contribution < -0.4 is 10.6 Å². The number of aromatic nitrogens is 2. The molecule has 0 aliphatic heterocycles. The summed E-state index contributed by atoms with van der Waals surface area (Å²) in [5.74, 6) is -0.434. The molecule has 0 atom stereocenters. The third-order valence-electron chi connectivity index (χ3n) is 4.71. The quantitative estimate of drug-likeness (QED) is 0.780. The van der Waals surface area contributed by atoms with Gasteiger partial charge in [0, 0.05) is 29.9 Å². The van der Waals surface area contributed by atoms with Gasteiger partial charge in [0.1, 0.15) is 0 Å². The molecule has 7 nitrogen and oxygen atoms in total. The maximum Gasteiger partial charge on any atom is 0.337 e. The molecule has 0 unspecified atom stereocenters. The van der Waals surface area contributed by atoms with Crippen LogP contribution >= 0.6 is 0 Å². The zero-order valence-corrected chi connectivity index (χ0v) is 15.3. The number of urea groups is 1. The lowest BCUT2D eigenvalue weighted by Crippen LogP contribution is -2.35. The van der Waals surface area contributed by atoms with Crippen LogP contribution in [0.4, 0.5) is 10.5 Å². The zero-order valence-electron chi connectivity index (χ0n) is 15.3. The summed E-state index contributed by atoms with van der Waals surface area (Å²) in [5, 5.41) is 10.2. The molecule has 1 heterocycles. The molecule has 1 fully saturated rings. The van der Waals surface area contributed by atoms with E-state index in [1.165, 1.54) is 7.11 Å². The predicted molar refractivity (Wildman–Crippen MR) is 98.2 cm³/mol. The largest absolute Gasteiger partial charge is 0.465 e. The van der Waals surface area contributed by atoms with E-state index in [1.54, 1.807) is 24.3 Å². The second-order valence-electron chi connectivity index (χ2n) is 6.96. The summed E-state index contributed by atoms with van der Waals surface area (Å²) in [7, 11) is 1.33. The molecular formula is C19H24N4O3. The van der Waals surface area contributed by atoms with Crippen LogP contribution in [0.1, 0.15) is 34.6 Å². The molecule has 1 aliphatic rings. The molecule has 1 aliphatic carbocycles. The molecule has 3 rings (SSSR count). The highest BCUT2D eigenvalue weighted by Gasteiger charge is 2.43. The van der Waals surface area contributed by atoms with Crippen LogP contribution in [-0.2, 0) is 11.3 Å². The summed E-state index contributed by atoms with van der Waals surface area (Å²) < 4.78 is 6.70. The number of ether oxygens (including phenoxy) is 1. The molecule has 0 saturated heterocycles. The normalized spacial score (nSPS) is 14.6. The number of nitrogens with zero attached hydrogens (tertiary/aromatic N) is 2. The van der Waals surface area contributed by atoms with Gasteiger partial charge in [0.05, 0.1) is 18.4 Å². The van der Waals surface area contributed by atoms with Crippen molar-refractivity contribution in [2.45, 2.75) is 33.2 Å². The third kappa shape index (κ3) is 4.22. The molecule has 0 spiro atoms. The van der Waals surface area contributed by atoms with E-state index < -0.39 is 5.97 Å². The predicted octanol–water partition coefficient (Wildman–Crippen LogP) is 2.89. The first kappa shape index (κ1) is 18.0. The van der Waals surface area contributed by atoms with Gasteiger partial charge >= 0.3 is 12.0 Å². The fraction of sp³-hybridized carbons (Fsp3) is 0.421. The number of benzene rings is 1. The van der Waals surface area contributed by atoms with Gasteiger partial charge < -0.3 is 15.4 Å². The first-order valence-electron chi connectivity index (χ1n) is 8.65. The fourth-order valence-corrected chi connectivity index (χ4v) is 3.01. The molecule has 2 aromatic rings. The van der Waals surface area contributed by atoms with Crippen LogP contribution in [0.15, 0.2) is 30.3 Å². The topological polar surface area (TPSA) is 85.2 Å². The highest BCUT2D eigenvalue weighted by molar-refractivity contribution is 5.93. The molecule has 2 amide bonds. The van der Waals surface area contributed by atoms with Gasteiger partial charge in [-0.05, 0) is 51.0 Å². The van der Waals surface area contributed by atoms with Crippen molar-refractivity contribution >= 4 is 17.7 Å². The molecule has 26 heavy (non-hydrogen) atoms. The zero-order chi connectivity index (χ0) is 18.7. The maximum absolute atomic E-state index is 12.2. The summed E-state index contributed by atoms with van der Waals surface area (Å²) in [4.78, 5) is 23.8. The molecule has 7 heteroatoms. The van der Waals surface area contributed by atoms with Crippen molar-refractivity contribution in [3.63, 3.8) is 0 Å². The van der Waals surface area contributed by atoms with Crippen LogP contribution in [0.2, 0.25) is 0 Å². The highest BCUT2D eigenvalue weighted by atomic mass is 16.5. The minimum Gasteiger partial charge on any atom is -0.465 e. The lowest BCUT2D eigenvalue weighted by molar-refractivity contribution is 0.0600. The molecule has 138 valence electrons. The van der Waals surface area contributed by atoms with Crippen LogP contribution in [0.3, 0.4) is 0 Å². The van der Waals surface area contributed by atoms with E-state index in [0.29, 0.717) is 17.8 Å². The van der Waals surface area contributed by atoms with Crippen molar-refractivity contribution in [1.82, 2.24) is 15.1 Å². The Balaban J connectivity index is 1.54. The number of carbonyl (C=O) groups is 2. The molecule has 0 radical (unpaired) electrons. The molecular weight excluding hydrogens is 332 g/mol. The monoisotopic (exact) mass is 356 g/mol. The van der Waals surface area contributed by atoms with Crippen LogP contribution in [0, 0.1) is 19.3 Å². The van der Waals surface area contributed by atoms with E-state index >= 15 is 0 Å². The average molecular weight is 356 g/mol. The number of aryl methyl sites for hydroxylation is 2. The lowest BCUT2D eigenvalue weighted by Gasteiger charge is -2.17. The minimum atomic E-state index is -0.434. The van der Waals surface area contributed by atoms with Gasteiger partial charge in [-0.25, -0.2) is 9.59 Å².